The molecule has 2 aromatic carbocycles. The van der Waals surface area contributed by atoms with Gasteiger partial charge >= 0.3 is 6.03 Å². The number of amides is 2. The predicted molar refractivity (Wildman–Crippen MR) is 117 cm³/mol. The molecule has 0 saturated heterocycles. The van der Waals surface area contributed by atoms with E-state index in [2.05, 4.69) is 10.3 Å². The van der Waals surface area contributed by atoms with Crippen molar-refractivity contribution in [1.82, 2.24) is 9.88 Å². The van der Waals surface area contributed by atoms with Crippen LogP contribution in [0.5, 0.6) is 5.88 Å². The van der Waals surface area contributed by atoms with Crippen LogP contribution in [0, 0.1) is 11.7 Å². The van der Waals surface area contributed by atoms with E-state index >= 15 is 0 Å². The number of carbonyl (C=O) groups excluding carboxylic acids is 1. The van der Waals surface area contributed by atoms with E-state index in [1.807, 2.05) is 36.1 Å². The van der Waals surface area contributed by atoms with Crippen molar-refractivity contribution in [3.63, 3.8) is 0 Å². The number of carbonyl (C=O) groups is 1. The lowest BCUT2D eigenvalue weighted by Crippen LogP contribution is -2.38. The molecule has 5 nitrogen and oxygen atoms in total. The largest absolute Gasteiger partial charge is 0.481 e. The van der Waals surface area contributed by atoms with Crippen LogP contribution in [0.15, 0.2) is 48.7 Å². The van der Waals surface area contributed by atoms with Gasteiger partial charge in [0.25, 0.3) is 0 Å². The van der Waals surface area contributed by atoms with Gasteiger partial charge in [-0.05, 0) is 55.3 Å². The van der Waals surface area contributed by atoms with Gasteiger partial charge in [-0.3, -0.25) is 0 Å². The van der Waals surface area contributed by atoms with Crippen LogP contribution in [-0.4, -0.2) is 29.6 Å². The highest BCUT2D eigenvalue weighted by Gasteiger charge is 2.31. The van der Waals surface area contributed by atoms with Gasteiger partial charge in [-0.15, -0.1) is 0 Å². The second-order valence-corrected chi connectivity index (χ2v) is 8.01. The number of nitrogens with one attached hydrogen (secondary N) is 1. The molecule has 1 saturated carbocycles. The maximum atomic E-state index is 13.5. The Morgan fingerprint density at radius 3 is 2.70 bits per heavy atom. The number of methoxy groups -OCH3 is 1. The molecule has 7 heteroatoms. The summed E-state index contributed by atoms with van der Waals surface area (Å²) in [7, 11) is 1.60. The van der Waals surface area contributed by atoms with E-state index in [0.717, 1.165) is 29.2 Å². The molecule has 0 bridgehead atoms. The van der Waals surface area contributed by atoms with Crippen molar-refractivity contribution in [2.45, 2.75) is 25.8 Å². The topological polar surface area (TPSA) is 54.5 Å². The maximum absolute atomic E-state index is 13.5. The van der Waals surface area contributed by atoms with E-state index in [1.165, 1.54) is 18.2 Å². The average Bonchev–Trinajstić information content (AvgIpc) is 3.57. The lowest BCUT2D eigenvalue weighted by molar-refractivity contribution is 0.190. The summed E-state index contributed by atoms with van der Waals surface area (Å²) in [4.78, 5) is 19.4. The van der Waals surface area contributed by atoms with Crippen molar-refractivity contribution < 1.29 is 13.9 Å². The fourth-order valence-electron chi connectivity index (χ4n) is 3.62. The first kappa shape index (κ1) is 20.4. The molecule has 1 unspecified atom stereocenters. The number of urea groups is 1. The number of ether oxygens (including phenoxy) is 1. The Morgan fingerprint density at radius 2 is 2.03 bits per heavy atom. The monoisotopic (exact) mass is 427 g/mol. The molecule has 0 spiro atoms. The highest BCUT2D eigenvalue weighted by molar-refractivity contribution is 6.31. The number of anilines is 1. The van der Waals surface area contributed by atoms with Gasteiger partial charge in [0, 0.05) is 29.4 Å². The maximum Gasteiger partial charge on any atom is 0.322 e. The van der Waals surface area contributed by atoms with Gasteiger partial charge in [0.2, 0.25) is 5.88 Å². The van der Waals surface area contributed by atoms with Crippen LogP contribution in [-0.2, 0) is 0 Å². The average molecular weight is 428 g/mol. The van der Waals surface area contributed by atoms with Gasteiger partial charge < -0.3 is 15.0 Å². The summed E-state index contributed by atoms with van der Waals surface area (Å²) in [6, 6.07) is 11.6. The van der Waals surface area contributed by atoms with Crippen LogP contribution in [0.1, 0.15) is 31.4 Å². The van der Waals surface area contributed by atoms with E-state index in [0.29, 0.717) is 24.0 Å². The molecule has 1 aliphatic rings. The molecule has 1 fully saturated rings. The fourth-order valence-corrected chi connectivity index (χ4v) is 3.80. The summed E-state index contributed by atoms with van der Waals surface area (Å²) < 4.78 is 18.9. The van der Waals surface area contributed by atoms with Crippen molar-refractivity contribution in [2.24, 2.45) is 5.92 Å². The Hall–Kier alpha value is -2.86. The SMILES string of the molecule is COc1ncc(C(C)N(CC2CC2)C(=O)Nc2ccc(F)c(Cl)c2)c2ccccc12. The Morgan fingerprint density at radius 1 is 1.30 bits per heavy atom. The Balaban J connectivity index is 1.66. The van der Waals surface area contributed by atoms with Crippen LogP contribution < -0.4 is 10.1 Å². The zero-order valence-corrected chi connectivity index (χ0v) is 17.6. The highest BCUT2D eigenvalue weighted by Crippen LogP contribution is 2.36. The van der Waals surface area contributed by atoms with Crippen LogP contribution in [0.2, 0.25) is 5.02 Å². The zero-order valence-electron chi connectivity index (χ0n) is 16.9. The van der Waals surface area contributed by atoms with Crippen molar-refractivity contribution >= 4 is 34.1 Å². The molecule has 1 aliphatic carbocycles. The number of aromatic nitrogens is 1. The second-order valence-electron chi connectivity index (χ2n) is 7.60. The number of benzene rings is 2. The Labute approximate surface area is 179 Å². The summed E-state index contributed by atoms with van der Waals surface area (Å²) in [6.45, 7) is 2.64. The summed E-state index contributed by atoms with van der Waals surface area (Å²) >= 11 is 5.86. The third kappa shape index (κ3) is 4.19. The number of fused-ring (bicyclic) bond motifs is 1. The minimum atomic E-state index is -0.520. The molecule has 4 rings (SSSR count). The molecule has 1 heterocycles. The van der Waals surface area contributed by atoms with Crippen LogP contribution in [0.25, 0.3) is 10.8 Å². The molecule has 1 atom stereocenters. The van der Waals surface area contributed by atoms with Crippen LogP contribution in [0.4, 0.5) is 14.9 Å². The summed E-state index contributed by atoms with van der Waals surface area (Å²) in [5, 5.41) is 4.73. The van der Waals surface area contributed by atoms with Crippen molar-refractivity contribution in [3.05, 3.63) is 65.1 Å². The van der Waals surface area contributed by atoms with Gasteiger partial charge in [-0.1, -0.05) is 29.8 Å². The summed E-state index contributed by atoms with van der Waals surface area (Å²) in [5.74, 6) is 0.529. The molecule has 1 aromatic heterocycles. The van der Waals surface area contributed by atoms with E-state index in [-0.39, 0.29) is 17.1 Å². The molecule has 0 aliphatic heterocycles. The first-order valence-corrected chi connectivity index (χ1v) is 10.3. The molecule has 0 radical (unpaired) electrons. The quantitative estimate of drug-likeness (QED) is 0.521. The second kappa shape index (κ2) is 8.48. The van der Waals surface area contributed by atoms with E-state index in [9.17, 15) is 9.18 Å². The molecular formula is C23H23ClFN3O2. The van der Waals surface area contributed by atoms with Crippen molar-refractivity contribution in [3.8, 4) is 5.88 Å². The van der Waals surface area contributed by atoms with E-state index in [1.54, 1.807) is 13.3 Å². The van der Waals surface area contributed by atoms with Crippen molar-refractivity contribution in [2.75, 3.05) is 19.0 Å². The number of pyridine rings is 1. The number of nitrogens with zero attached hydrogens (tertiary/aromatic N) is 2. The molecular weight excluding hydrogens is 405 g/mol. The number of hydrogen-bond acceptors (Lipinski definition) is 3. The molecule has 3 aromatic rings. The first-order valence-electron chi connectivity index (χ1n) is 9.92. The lowest BCUT2D eigenvalue weighted by Gasteiger charge is -2.30. The minimum absolute atomic E-state index is 0.0278. The van der Waals surface area contributed by atoms with Gasteiger partial charge in [-0.2, -0.15) is 0 Å². The van der Waals surface area contributed by atoms with E-state index < -0.39 is 5.82 Å². The Kier molecular flexibility index (Phi) is 5.77. The summed E-state index contributed by atoms with van der Waals surface area (Å²) in [6.07, 6.45) is 3.99. The third-order valence-corrected chi connectivity index (χ3v) is 5.77. The standard InChI is InChI=1S/C23H23ClFN3O2/c1-14(19-12-26-22(30-2)18-6-4-3-5-17(18)19)28(13-15-7-8-15)23(29)27-16-9-10-21(25)20(24)11-16/h3-6,9-12,14-15H,7-8,13H2,1-2H3,(H,27,29). The van der Waals surface area contributed by atoms with Gasteiger partial charge in [0.05, 0.1) is 18.2 Å². The normalized spacial score (nSPS) is 14.4. The smallest absolute Gasteiger partial charge is 0.322 e. The fraction of sp³-hybridized carbons (Fsp3) is 0.304. The minimum Gasteiger partial charge on any atom is -0.481 e. The number of rotatable bonds is 6. The van der Waals surface area contributed by atoms with Crippen LogP contribution in [0.3, 0.4) is 0 Å². The molecule has 30 heavy (non-hydrogen) atoms. The predicted octanol–water partition coefficient (Wildman–Crippen LogP) is 6.04. The van der Waals surface area contributed by atoms with Gasteiger partial charge in [0.1, 0.15) is 5.82 Å². The highest BCUT2D eigenvalue weighted by atomic mass is 35.5. The summed E-state index contributed by atoms with van der Waals surface area (Å²) in [5.41, 5.74) is 1.40. The molecule has 156 valence electrons. The molecule has 1 N–H and O–H groups in total. The number of halogens is 2. The van der Waals surface area contributed by atoms with Gasteiger partial charge in [-0.25, -0.2) is 14.2 Å². The number of hydrogen-bond donors (Lipinski definition) is 1. The lowest BCUT2D eigenvalue weighted by atomic mass is 10.0. The molecule has 2 amide bonds. The third-order valence-electron chi connectivity index (χ3n) is 5.48. The van der Waals surface area contributed by atoms with E-state index in [4.69, 9.17) is 16.3 Å². The van der Waals surface area contributed by atoms with Crippen LogP contribution >= 0.6 is 11.6 Å². The zero-order chi connectivity index (χ0) is 21.3. The first-order chi connectivity index (χ1) is 14.5. The van der Waals surface area contributed by atoms with Gasteiger partial charge in [0.15, 0.2) is 0 Å². The van der Waals surface area contributed by atoms with Crippen molar-refractivity contribution in [1.29, 1.82) is 0 Å². The Bertz CT molecular complexity index is 1090.